The molecule has 1 heterocycles. The second-order valence-electron chi connectivity index (χ2n) is 5.51. The van der Waals surface area contributed by atoms with Crippen LogP contribution in [0.15, 0.2) is 42.5 Å². The summed E-state index contributed by atoms with van der Waals surface area (Å²) in [7, 11) is 0. The van der Waals surface area contributed by atoms with Crippen molar-refractivity contribution < 1.29 is 13.6 Å². The van der Waals surface area contributed by atoms with Crippen LogP contribution in [0, 0.1) is 25.5 Å². The van der Waals surface area contributed by atoms with Gasteiger partial charge < -0.3 is 10.6 Å². The minimum Gasteiger partial charge on any atom is -0.332 e. The first-order valence-electron chi connectivity index (χ1n) is 7.50. The van der Waals surface area contributed by atoms with Gasteiger partial charge in [-0.25, -0.2) is 13.8 Å². The third kappa shape index (κ3) is 4.00. The van der Waals surface area contributed by atoms with Gasteiger partial charge in [0.05, 0.1) is 5.69 Å². The maximum absolute atomic E-state index is 13.2. The average molecular weight is 359 g/mol. The van der Waals surface area contributed by atoms with Crippen molar-refractivity contribution in [3.63, 3.8) is 0 Å². The Morgan fingerprint density at radius 2 is 1.84 bits per heavy atom. The zero-order valence-corrected chi connectivity index (χ0v) is 14.4. The molecule has 2 aromatic carbocycles. The molecule has 0 aliphatic carbocycles. The van der Waals surface area contributed by atoms with Crippen molar-refractivity contribution in [1.82, 2.24) is 4.98 Å². The lowest BCUT2D eigenvalue weighted by molar-refractivity contribution is 0.103. The van der Waals surface area contributed by atoms with Crippen LogP contribution in [0.5, 0.6) is 0 Å². The van der Waals surface area contributed by atoms with Gasteiger partial charge in [-0.15, -0.1) is 0 Å². The van der Waals surface area contributed by atoms with Crippen molar-refractivity contribution in [3.05, 3.63) is 70.2 Å². The third-order valence-electron chi connectivity index (χ3n) is 3.45. The molecule has 0 unspecified atom stereocenters. The van der Waals surface area contributed by atoms with Crippen molar-refractivity contribution in [2.24, 2.45) is 0 Å². The Hall–Kier alpha value is -2.80. The van der Waals surface area contributed by atoms with Crippen LogP contribution in [0.4, 0.5) is 25.3 Å². The largest absolute Gasteiger partial charge is 0.332 e. The Balaban J connectivity index is 1.77. The Kier molecular flexibility index (Phi) is 4.76. The molecule has 3 rings (SSSR count). The van der Waals surface area contributed by atoms with Gasteiger partial charge in [0.1, 0.15) is 4.88 Å². The standard InChI is InChI=1S/C18H15F2N3OS/c1-10-4-3-5-12(8-10)23-18-21-11(2)16(25-18)17(24)22-13-6-7-14(19)15(20)9-13/h3-9H,1-2H3,(H,21,23)(H,22,24). The van der Waals surface area contributed by atoms with E-state index in [1.54, 1.807) is 6.92 Å². The van der Waals surface area contributed by atoms with E-state index in [-0.39, 0.29) is 5.69 Å². The number of thiazole rings is 1. The Morgan fingerprint density at radius 3 is 2.56 bits per heavy atom. The van der Waals surface area contributed by atoms with Gasteiger partial charge in [0.25, 0.3) is 5.91 Å². The first kappa shape index (κ1) is 17.0. The monoisotopic (exact) mass is 359 g/mol. The number of benzene rings is 2. The highest BCUT2D eigenvalue weighted by Gasteiger charge is 2.16. The van der Waals surface area contributed by atoms with E-state index in [2.05, 4.69) is 15.6 Å². The van der Waals surface area contributed by atoms with Crippen LogP contribution in [-0.4, -0.2) is 10.9 Å². The lowest BCUT2D eigenvalue weighted by Gasteiger charge is -2.04. The number of anilines is 3. The normalized spacial score (nSPS) is 10.6. The zero-order valence-electron chi connectivity index (χ0n) is 13.6. The van der Waals surface area contributed by atoms with E-state index in [1.165, 1.54) is 17.4 Å². The predicted molar refractivity (Wildman–Crippen MR) is 95.6 cm³/mol. The molecular formula is C18H15F2N3OS. The highest BCUT2D eigenvalue weighted by molar-refractivity contribution is 7.17. The number of amides is 1. The third-order valence-corrected chi connectivity index (χ3v) is 4.52. The minimum atomic E-state index is -1.01. The summed E-state index contributed by atoms with van der Waals surface area (Å²) in [6, 6.07) is 11.0. The lowest BCUT2D eigenvalue weighted by Crippen LogP contribution is -2.11. The summed E-state index contributed by atoms with van der Waals surface area (Å²) in [5.74, 6) is -2.39. The van der Waals surface area contributed by atoms with Crippen molar-refractivity contribution >= 4 is 33.8 Å². The van der Waals surface area contributed by atoms with Crippen LogP contribution in [0.3, 0.4) is 0 Å². The number of hydrogen-bond acceptors (Lipinski definition) is 4. The number of aryl methyl sites for hydroxylation is 2. The van der Waals surface area contributed by atoms with Crippen molar-refractivity contribution in [2.75, 3.05) is 10.6 Å². The summed E-state index contributed by atoms with van der Waals surface area (Å²) in [4.78, 5) is 17.1. The fraction of sp³-hybridized carbons (Fsp3) is 0.111. The number of aromatic nitrogens is 1. The van der Waals surface area contributed by atoms with E-state index in [1.807, 2.05) is 31.2 Å². The molecule has 0 saturated carbocycles. The Bertz CT molecular complexity index is 940. The second-order valence-corrected chi connectivity index (χ2v) is 6.51. The van der Waals surface area contributed by atoms with E-state index in [4.69, 9.17) is 0 Å². The lowest BCUT2D eigenvalue weighted by atomic mass is 10.2. The SMILES string of the molecule is Cc1cccc(Nc2nc(C)c(C(=O)Nc3ccc(F)c(F)c3)s2)c1. The van der Waals surface area contributed by atoms with Crippen LogP contribution in [-0.2, 0) is 0 Å². The van der Waals surface area contributed by atoms with E-state index in [0.29, 0.717) is 15.7 Å². The summed E-state index contributed by atoms with van der Waals surface area (Å²) < 4.78 is 26.2. The van der Waals surface area contributed by atoms with E-state index < -0.39 is 17.5 Å². The quantitative estimate of drug-likeness (QED) is 0.687. The van der Waals surface area contributed by atoms with Crippen LogP contribution < -0.4 is 10.6 Å². The average Bonchev–Trinajstić information content (AvgIpc) is 2.91. The Morgan fingerprint density at radius 1 is 1.04 bits per heavy atom. The van der Waals surface area contributed by atoms with Gasteiger partial charge in [-0.05, 0) is 43.7 Å². The molecule has 0 aliphatic heterocycles. The first-order valence-corrected chi connectivity index (χ1v) is 8.31. The summed E-state index contributed by atoms with van der Waals surface area (Å²) in [5.41, 5.74) is 2.72. The molecule has 3 aromatic rings. The van der Waals surface area contributed by atoms with Gasteiger partial charge in [0, 0.05) is 17.4 Å². The van der Waals surface area contributed by atoms with Crippen molar-refractivity contribution in [3.8, 4) is 0 Å². The number of hydrogen-bond donors (Lipinski definition) is 2. The van der Waals surface area contributed by atoms with Crippen LogP contribution >= 0.6 is 11.3 Å². The number of carbonyl (C=O) groups excluding carboxylic acids is 1. The van der Waals surface area contributed by atoms with E-state index in [9.17, 15) is 13.6 Å². The number of nitrogens with one attached hydrogen (secondary N) is 2. The molecule has 1 aromatic heterocycles. The molecule has 0 atom stereocenters. The second kappa shape index (κ2) is 6.98. The maximum Gasteiger partial charge on any atom is 0.267 e. The summed E-state index contributed by atoms with van der Waals surface area (Å²) in [6.45, 7) is 3.71. The first-order chi connectivity index (χ1) is 11.9. The summed E-state index contributed by atoms with van der Waals surface area (Å²) >= 11 is 1.19. The van der Waals surface area contributed by atoms with Gasteiger partial charge in [-0.3, -0.25) is 4.79 Å². The van der Waals surface area contributed by atoms with Crippen LogP contribution in [0.25, 0.3) is 0 Å². The smallest absolute Gasteiger partial charge is 0.267 e. The number of carbonyl (C=O) groups is 1. The number of rotatable bonds is 4. The van der Waals surface area contributed by atoms with E-state index in [0.717, 1.165) is 23.4 Å². The molecule has 0 saturated heterocycles. The molecule has 0 bridgehead atoms. The maximum atomic E-state index is 13.2. The molecule has 25 heavy (non-hydrogen) atoms. The molecule has 2 N–H and O–H groups in total. The highest BCUT2D eigenvalue weighted by atomic mass is 32.1. The van der Waals surface area contributed by atoms with Crippen LogP contribution in [0.1, 0.15) is 20.9 Å². The molecule has 4 nitrogen and oxygen atoms in total. The molecule has 1 amide bonds. The fourth-order valence-electron chi connectivity index (χ4n) is 2.27. The number of halogens is 2. The molecule has 7 heteroatoms. The zero-order chi connectivity index (χ0) is 18.0. The van der Waals surface area contributed by atoms with Gasteiger partial charge in [0.15, 0.2) is 16.8 Å². The molecule has 0 radical (unpaired) electrons. The molecular weight excluding hydrogens is 344 g/mol. The van der Waals surface area contributed by atoms with Gasteiger partial charge in [-0.2, -0.15) is 0 Å². The minimum absolute atomic E-state index is 0.185. The van der Waals surface area contributed by atoms with E-state index >= 15 is 0 Å². The molecule has 0 fully saturated rings. The van der Waals surface area contributed by atoms with Gasteiger partial charge in [-0.1, -0.05) is 23.5 Å². The number of nitrogens with zero attached hydrogens (tertiary/aromatic N) is 1. The molecule has 0 spiro atoms. The highest BCUT2D eigenvalue weighted by Crippen LogP contribution is 2.27. The van der Waals surface area contributed by atoms with Gasteiger partial charge >= 0.3 is 0 Å². The molecule has 128 valence electrons. The fourth-order valence-corrected chi connectivity index (χ4v) is 3.15. The molecule has 0 aliphatic rings. The van der Waals surface area contributed by atoms with Crippen LogP contribution in [0.2, 0.25) is 0 Å². The summed E-state index contributed by atoms with van der Waals surface area (Å²) in [5, 5.41) is 6.29. The Labute approximate surface area is 147 Å². The summed E-state index contributed by atoms with van der Waals surface area (Å²) in [6.07, 6.45) is 0. The van der Waals surface area contributed by atoms with Crippen molar-refractivity contribution in [1.29, 1.82) is 0 Å². The van der Waals surface area contributed by atoms with Gasteiger partial charge in [0.2, 0.25) is 0 Å². The predicted octanol–water partition coefficient (Wildman–Crippen LogP) is 5.03. The van der Waals surface area contributed by atoms with Crippen molar-refractivity contribution in [2.45, 2.75) is 13.8 Å². The topological polar surface area (TPSA) is 54.0 Å².